The maximum absolute atomic E-state index is 13.0. The van der Waals surface area contributed by atoms with Gasteiger partial charge in [-0.05, 0) is 52.2 Å². The number of rotatable bonds is 17. The fraction of sp³-hybridized carbons (Fsp3) is 0.780. The number of aliphatic hydroxyl groups excluding tert-OH is 1. The smallest absolute Gasteiger partial charge is 0.407 e. The van der Waals surface area contributed by atoms with Crippen LogP contribution in [0.25, 0.3) is 0 Å². The van der Waals surface area contributed by atoms with Crippen LogP contribution in [-0.2, 0) is 38.0 Å². The molecule has 0 saturated carbocycles. The Morgan fingerprint density at radius 2 is 1.89 bits per heavy atom. The molecule has 0 aromatic rings. The van der Waals surface area contributed by atoms with Crippen LogP contribution in [0.4, 0.5) is 4.79 Å². The lowest BCUT2D eigenvalue weighted by atomic mass is 9.89. The Morgan fingerprint density at radius 1 is 1.19 bits per heavy atom. The van der Waals surface area contributed by atoms with Crippen molar-refractivity contribution in [3.8, 4) is 0 Å². The second kappa shape index (κ2) is 24.7. The van der Waals surface area contributed by atoms with Gasteiger partial charge in [0, 0.05) is 50.9 Å². The van der Waals surface area contributed by atoms with Gasteiger partial charge in [-0.15, -0.1) is 0 Å². The first kappa shape index (κ1) is 47.3. The number of nitrogens with one attached hydrogen (secondary N) is 1. The van der Waals surface area contributed by atoms with Crippen LogP contribution in [0.15, 0.2) is 36.0 Å². The molecule has 3 heterocycles. The van der Waals surface area contributed by atoms with Crippen molar-refractivity contribution in [2.75, 3.05) is 46.5 Å². The van der Waals surface area contributed by atoms with Gasteiger partial charge in [-0.2, -0.15) is 0 Å². The largest absolute Gasteiger partial charge is 0.461 e. The average molecular weight is 767 g/mol. The number of amides is 1. The van der Waals surface area contributed by atoms with E-state index in [0.29, 0.717) is 19.4 Å². The molecule has 11 unspecified atom stereocenters. The van der Waals surface area contributed by atoms with E-state index >= 15 is 0 Å². The van der Waals surface area contributed by atoms with Crippen molar-refractivity contribution in [1.29, 1.82) is 0 Å². The van der Waals surface area contributed by atoms with E-state index < -0.39 is 42.1 Å². The Morgan fingerprint density at radius 3 is 2.54 bits per heavy atom. The number of morpholine rings is 1. The fourth-order valence-electron chi connectivity index (χ4n) is 6.94. The quantitative estimate of drug-likeness (QED) is 0.0341. The van der Waals surface area contributed by atoms with Crippen LogP contribution in [0.3, 0.4) is 0 Å². The molecule has 54 heavy (non-hydrogen) atoms. The highest BCUT2D eigenvalue weighted by molar-refractivity contribution is 5.70. The van der Waals surface area contributed by atoms with E-state index in [4.69, 9.17) is 28.4 Å². The minimum absolute atomic E-state index is 0.0306. The van der Waals surface area contributed by atoms with Crippen LogP contribution in [0.2, 0.25) is 0 Å². The van der Waals surface area contributed by atoms with Gasteiger partial charge in [-0.3, -0.25) is 14.5 Å². The summed E-state index contributed by atoms with van der Waals surface area (Å²) in [6, 6.07) is 0. The first-order chi connectivity index (χ1) is 25.8. The molecule has 3 aliphatic rings. The molecule has 0 radical (unpaired) electrons. The normalized spacial score (nSPS) is 31.2. The highest BCUT2D eigenvalue weighted by Crippen LogP contribution is 2.39. The zero-order valence-corrected chi connectivity index (χ0v) is 34.2. The van der Waals surface area contributed by atoms with Gasteiger partial charge in [0.1, 0.15) is 30.0 Å². The van der Waals surface area contributed by atoms with Crippen LogP contribution >= 0.6 is 0 Å². The molecule has 0 bridgehead atoms. The molecule has 3 N–H and O–H groups in total. The maximum Gasteiger partial charge on any atom is 0.407 e. The second-order valence-corrected chi connectivity index (χ2v) is 14.9. The summed E-state index contributed by atoms with van der Waals surface area (Å²) in [6.07, 6.45) is 7.47. The average Bonchev–Trinajstić information content (AvgIpc) is 3.95. The number of ether oxygens (including phenoxy) is 6. The minimum Gasteiger partial charge on any atom is -0.461 e. The van der Waals surface area contributed by atoms with Crippen molar-refractivity contribution >= 4 is 18.5 Å². The van der Waals surface area contributed by atoms with Crippen molar-refractivity contribution in [2.24, 2.45) is 17.8 Å². The summed E-state index contributed by atoms with van der Waals surface area (Å²) in [6.45, 7) is 20.5. The van der Waals surface area contributed by atoms with E-state index in [-0.39, 0.29) is 55.3 Å². The SMILES string of the molecule is CC.CCC(OC)C(C)C1OC1C(OC(=O)NCCCN1CCOCC1)C(C)/C=C/C=C(\C)CC1OC(=O)CC(O)CCC(C)(O)C(OC=O)/C=C/C1C. The molecule has 0 aromatic heterocycles. The summed E-state index contributed by atoms with van der Waals surface area (Å²) < 4.78 is 34.2. The molecule has 2 fully saturated rings. The number of epoxide rings is 1. The second-order valence-electron chi connectivity index (χ2n) is 14.9. The van der Waals surface area contributed by atoms with Gasteiger partial charge in [0.2, 0.25) is 0 Å². The van der Waals surface area contributed by atoms with Gasteiger partial charge >= 0.3 is 12.1 Å². The monoisotopic (exact) mass is 766 g/mol. The Balaban J connectivity index is 0.00000495. The predicted octanol–water partition coefficient (Wildman–Crippen LogP) is 5.13. The number of cyclic esters (lactones) is 1. The number of alkyl carbamates (subject to hydrolysis) is 1. The van der Waals surface area contributed by atoms with E-state index in [9.17, 15) is 24.6 Å². The molecular formula is C41H70N2O11. The third kappa shape index (κ3) is 16.1. The summed E-state index contributed by atoms with van der Waals surface area (Å²) >= 11 is 0. The number of methoxy groups -OCH3 is 1. The number of hydrogen-bond acceptors (Lipinski definition) is 12. The van der Waals surface area contributed by atoms with E-state index in [1.54, 1.807) is 19.3 Å². The Labute approximate surface area is 323 Å². The van der Waals surface area contributed by atoms with Gasteiger partial charge in [0.25, 0.3) is 6.47 Å². The maximum atomic E-state index is 13.0. The molecule has 0 spiro atoms. The number of carbonyl (C=O) groups is 3. The number of aliphatic hydroxyl groups is 2. The van der Waals surface area contributed by atoms with E-state index in [2.05, 4.69) is 24.1 Å². The number of nitrogens with zero attached hydrogens (tertiary/aromatic N) is 1. The molecule has 0 aliphatic carbocycles. The summed E-state index contributed by atoms with van der Waals surface area (Å²) in [5.74, 6) is -0.881. The number of carbonyl (C=O) groups excluding carboxylic acids is 3. The Kier molecular flexibility index (Phi) is 21.6. The lowest BCUT2D eigenvalue weighted by Crippen LogP contribution is -2.41. The first-order valence-electron chi connectivity index (χ1n) is 19.9. The molecule has 11 atom stereocenters. The van der Waals surface area contributed by atoms with Gasteiger partial charge in [0.05, 0.1) is 37.9 Å². The van der Waals surface area contributed by atoms with Crippen LogP contribution in [0.1, 0.15) is 93.9 Å². The van der Waals surface area contributed by atoms with Gasteiger partial charge < -0.3 is 44.0 Å². The van der Waals surface area contributed by atoms with Crippen LogP contribution in [-0.4, -0.2) is 128 Å². The summed E-state index contributed by atoms with van der Waals surface area (Å²) in [5.41, 5.74) is -0.498. The summed E-state index contributed by atoms with van der Waals surface area (Å²) in [4.78, 5) is 39.3. The summed E-state index contributed by atoms with van der Waals surface area (Å²) in [7, 11) is 1.70. The molecule has 310 valence electrons. The molecule has 0 aromatic carbocycles. The molecule has 13 heteroatoms. The van der Waals surface area contributed by atoms with E-state index in [0.717, 1.165) is 51.3 Å². The topological polar surface area (TPSA) is 166 Å². The standard InChI is InChI=1S/C39H64N2O11.C2H6/c1-8-31(47-7)29(5)36-37(51-36)35(52-38(45)40-17-10-18-41-19-21-48-22-20-41)28(4)12-9-11-26(2)23-32-27(3)13-14-33(49-25-42)39(6,46)16-15-30(43)24-34(44)50-32;1-2/h9,11-14,25,27-33,35-37,43,46H,8,10,15-24H2,1-7H3,(H,40,45);1-2H3/b12-9+,14-13+,26-11+;. The van der Waals surface area contributed by atoms with Crippen molar-refractivity contribution in [1.82, 2.24) is 10.2 Å². The Hall–Kier alpha value is -2.81. The van der Waals surface area contributed by atoms with Crippen molar-refractivity contribution in [3.63, 3.8) is 0 Å². The molecule has 1 amide bonds. The Bertz CT molecular complexity index is 1200. The lowest BCUT2D eigenvalue weighted by Gasteiger charge is -2.31. The van der Waals surface area contributed by atoms with Gasteiger partial charge in [-0.25, -0.2) is 4.79 Å². The third-order valence-electron chi connectivity index (χ3n) is 10.5. The van der Waals surface area contributed by atoms with E-state index in [1.807, 2.05) is 52.8 Å². The molecule has 3 rings (SSSR count). The number of hydrogen-bond donors (Lipinski definition) is 3. The highest BCUT2D eigenvalue weighted by atomic mass is 16.6. The molecule has 13 nitrogen and oxygen atoms in total. The van der Waals surface area contributed by atoms with Gasteiger partial charge in [-0.1, -0.05) is 71.4 Å². The zero-order chi connectivity index (χ0) is 40.3. The molecule has 3 aliphatic heterocycles. The van der Waals surface area contributed by atoms with Gasteiger partial charge in [0.15, 0.2) is 0 Å². The lowest BCUT2D eigenvalue weighted by molar-refractivity contribution is -0.153. The molecular weight excluding hydrogens is 696 g/mol. The zero-order valence-electron chi connectivity index (χ0n) is 34.2. The van der Waals surface area contributed by atoms with Crippen molar-refractivity contribution < 1.29 is 53.0 Å². The third-order valence-corrected chi connectivity index (χ3v) is 10.5. The summed E-state index contributed by atoms with van der Waals surface area (Å²) in [5, 5.41) is 24.3. The van der Waals surface area contributed by atoms with Crippen LogP contribution < -0.4 is 5.32 Å². The fourth-order valence-corrected chi connectivity index (χ4v) is 6.94. The van der Waals surface area contributed by atoms with E-state index in [1.165, 1.54) is 6.92 Å². The highest BCUT2D eigenvalue weighted by Gasteiger charge is 2.52. The van der Waals surface area contributed by atoms with Crippen molar-refractivity contribution in [2.45, 2.75) is 142 Å². The number of esters is 1. The van der Waals surface area contributed by atoms with Crippen LogP contribution in [0.5, 0.6) is 0 Å². The predicted molar refractivity (Wildman–Crippen MR) is 207 cm³/mol. The van der Waals surface area contributed by atoms with Crippen LogP contribution in [0, 0.1) is 17.8 Å². The first-order valence-corrected chi connectivity index (χ1v) is 19.9. The molecule has 2 saturated heterocycles. The number of allylic oxidation sites excluding steroid dienone is 2. The van der Waals surface area contributed by atoms with Crippen molar-refractivity contribution in [3.05, 3.63) is 36.0 Å². The minimum atomic E-state index is -1.43.